The van der Waals surface area contributed by atoms with Gasteiger partial charge in [0.2, 0.25) is 0 Å². The molecular weight excluding hydrogens is 256 g/mol. The molecule has 108 valence electrons. The van der Waals surface area contributed by atoms with Crippen LogP contribution in [0.4, 0.5) is 0 Å². The molecule has 0 N–H and O–H groups in total. The van der Waals surface area contributed by atoms with Crippen LogP contribution in [-0.2, 0) is 19.3 Å². The molecule has 0 unspecified atom stereocenters. The van der Waals surface area contributed by atoms with Crippen molar-refractivity contribution in [2.75, 3.05) is 0 Å². The molecule has 0 spiro atoms. The maximum absolute atomic E-state index is 12.7. The predicted octanol–water partition coefficient (Wildman–Crippen LogP) is 4.53. The summed E-state index contributed by atoms with van der Waals surface area (Å²) in [4.78, 5) is 12.7. The number of rotatable bonds is 3. The number of hydrogen-bond donors (Lipinski definition) is 0. The third kappa shape index (κ3) is 2.78. The van der Waals surface area contributed by atoms with Crippen LogP contribution in [0.5, 0.6) is 0 Å². The highest BCUT2D eigenvalue weighted by atomic mass is 16.1. The number of carbonyl (C=O) groups is 1. The van der Waals surface area contributed by atoms with Gasteiger partial charge in [-0.25, -0.2) is 0 Å². The number of fused-ring (bicyclic) bond motifs is 1. The van der Waals surface area contributed by atoms with Gasteiger partial charge in [-0.1, -0.05) is 35.9 Å². The van der Waals surface area contributed by atoms with Gasteiger partial charge < -0.3 is 0 Å². The fraction of sp³-hybridized carbons (Fsp3) is 0.350. The zero-order chi connectivity index (χ0) is 15.0. The van der Waals surface area contributed by atoms with E-state index in [0.717, 1.165) is 22.3 Å². The lowest BCUT2D eigenvalue weighted by Crippen LogP contribution is -2.08. The molecule has 1 nitrogen and oxygen atoms in total. The van der Waals surface area contributed by atoms with Gasteiger partial charge in [0, 0.05) is 12.0 Å². The molecule has 0 saturated carbocycles. The first kappa shape index (κ1) is 14.1. The van der Waals surface area contributed by atoms with Crippen LogP contribution in [0.15, 0.2) is 30.3 Å². The maximum Gasteiger partial charge on any atom is 0.167 e. The van der Waals surface area contributed by atoms with Crippen molar-refractivity contribution < 1.29 is 4.79 Å². The third-order valence-corrected chi connectivity index (χ3v) is 4.48. The molecule has 0 atom stereocenters. The number of carbonyl (C=O) groups excluding carboxylic acids is 1. The number of Topliss-reactive ketones (excluding diaryl/α,β-unsaturated/α-hetero) is 1. The second kappa shape index (κ2) is 5.48. The average Bonchev–Trinajstić information content (AvgIpc) is 2.84. The molecule has 1 aliphatic rings. The van der Waals surface area contributed by atoms with Crippen LogP contribution in [0, 0.1) is 20.8 Å². The molecule has 0 saturated heterocycles. The Hall–Kier alpha value is -1.89. The van der Waals surface area contributed by atoms with E-state index in [9.17, 15) is 4.79 Å². The van der Waals surface area contributed by atoms with Crippen molar-refractivity contribution in [3.05, 3.63) is 69.3 Å². The highest BCUT2D eigenvalue weighted by Gasteiger charge is 2.15. The molecule has 0 bridgehead atoms. The highest BCUT2D eigenvalue weighted by molar-refractivity contribution is 6.00. The van der Waals surface area contributed by atoms with Crippen molar-refractivity contribution in [1.29, 1.82) is 0 Å². The Morgan fingerprint density at radius 3 is 2.33 bits per heavy atom. The second-order valence-electron chi connectivity index (χ2n) is 6.33. The van der Waals surface area contributed by atoms with Crippen molar-refractivity contribution in [3.63, 3.8) is 0 Å². The van der Waals surface area contributed by atoms with Gasteiger partial charge in [-0.05, 0) is 67.9 Å². The van der Waals surface area contributed by atoms with Crippen LogP contribution in [0.3, 0.4) is 0 Å². The standard InChI is InChI=1S/C20H22O/c1-13-9-14(2)20(15(3)10-13)19(21)12-16-7-8-17-5-4-6-18(17)11-16/h7-11H,4-6,12H2,1-3H3. The molecule has 2 aromatic carbocycles. The van der Waals surface area contributed by atoms with Crippen LogP contribution in [-0.4, -0.2) is 5.78 Å². The summed E-state index contributed by atoms with van der Waals surface area (Å²) in [5, 5.41) is 0. The van der Waals surface area contributed by atoms with Crippen molar-refractivity contribution in [2.45, 2.75) is 46.5 Å². The Morgan fingerprint density at radius 2 is 1.62 bits per heavy atom. The minimum atomic E-state index is 0.239. The molecule has 0 heterocycles. The molecule has 1 aliphatic carbocycles. The summed E-state index contributed by atoms with van der Waals surface area (Å²) in [7, 11) is 0. The minimum absolute atomic E-state index is 0.239. The average molecular weight is 278 g/mol. The maximum atomic E-state index is 12.7. The summed E-state index contributed by atoms with van der Waals surface area (Å²) in [6.07, 6.45) is 4.13. The normalized spacial score (nSPS) is 13.3. The Balaban J connectivity index is 1.87. The SMILES string of the molecule is Cc1cc(C)c(C(=O)Cc2ccc3c(c2)CCC3)c(C)c1. The van der Waals surface area contributed by atoms with Crippen LogP contribution >= 0.6 is 0 Å². The molecule has 0 aliphatic heterocycles. The topological polar surface area (TPSA) is 17.1 Å². The summed E-state index contributed by atoms with van der Waals surface area (Å²) in [5.74, 6) is 0.239. The van der Waals surface area contributed by atoms with Crippen LogP contribution < -0.4 is 0 Å². The minimum Gasteiger partial charge on any atom is -0.294 e. The fourth-order valence-corrected chi connectivity index (χ4v) is 3.63. The highest BCUT2D eigenvalue weighted by Crippen LogP contribution is 2.24. The number of hydrogen-bond acceptors (Lipinski definition) is 1. The monoisotopic (exact) mass is 278 g/mol. The van der Waals surface area contributed by atoms with Gasteiger partial charge in [0.15, 0.2) is 5.78 Å². The second-order valence-corrected chi connectivity index (χ2v) is 6.33. The van der Waals surface area contributed by atoms with E-state index in [2.05, 4.69) is 37.3 Å². The summed E-state index contributed by atoms with van der Waals surface area (Å²) in [6, 6.07) is 10.8. The Labute approximate surface area is 127 Å². The number of aryl methyl sites for hydroxylation is 5. The van der Waals surface area contributed by atoms with Crippen molar-refractivity contribution in [3.8, 4) is 0 Å². The van der Waals surface area contributed by atoms with E-state index in [1.165, 1.54) is 36.0 Å². The molecule has 0 amide bonds. The lowest BCUT2D eigenvalue weighted by atomic mass is 9.93. The zero-order valence-corrected chi connectivity index (χ0v) is 13.1. The van der Waals surface area contributed by atoms with Gasteiger partial charge in [0.25, 0.3) is 0 Å². The lowest BCUT2D eigenvalue weighted by Gasteiger charge is -2.11. The molecule has 0 fully saturated rings. The van der Waals surface area contributed by atoms with Gasteiger partial charge in [-0.2, -0.15) is 0 Å². The number of ketones is 1. The van der Waals surface area contributed by atoms with Crippen LogP contribution in [0.25, 0.3) is 0 Å². The first-order chi connectivity index (χ1) is 10.0. The van der Waals surface area contributed by atoms with E-state index in [1.54, 1.807) is 0 Å². The van der Waals surface area contributed by atoms with E-state index in [1.807, 2.05) is 13.8 Å². The first-order valence-corrected chi connectivity index (χ1v) is 7.76. The zero-order valence-electron chi connectivity index (χ0n) is 13.1. The van der Waals surface area contributed by atoms with E-state index < -0.39 is 0 Å². The van der Waals surface area contributed by atoms with Gasteiger partial charge in [-0.15, -0.1) is 0 Å². The van der Waals surface area contributed by atoms with E-state index in [4.69, 9.17) is 0 Å². The van der Waals surface area contributed by atoms with Crippen molar-refractivity contribution in [1.82, 2.24) is 0 Å². The third-order valence-electron chi connectivity index (χ3n) is 4.48. The Kier molecular flexibility index (Phi) is 3.67. The van der Waals surface area contributed by atoms with Crippen LogP contribution in [0.1, 0.15) is 50.2 Å². The van der Waals surface area contributed by atoms with Crippen molar-refractivity contribution >= 4 is 5.78 Å². The van der Waals surface area contributed by atoms with Gasteiger partial charge in [0.05, 0.1) is 0 Å². The van der Waals surface area contributed by atoms with Gasteiger partial charge in [-0.3, -0.25) is 4.79 Å². The predicted molar refractivity (Wildman–Crippen MR) is 87.2 cm³/mol. The lowest BCUT2D eigenvalue weighted by molar-refractivity contribution is 0.0992. The van der Waals surface area contributed by atoms with Crippen LogP contribution in [0.2, 0.25) is 0 Å². The largest absolute Gasteiger partial charge is 0.294 e. The van der Waals surface area contributed by atoms with Gasteiger partial charge in [0.1, 0.15) is 0 Å². The molecule has 0 aromatic heterocycles. The summed E-state index contributed by atoms with van der Waals surface area (Å²) >= 11 is 0. The summed E-state index contributed by atoms with van der Waals surface area (Å²) < 4.78 is 0. The molecule has 1 heteroatoms. The molecule has 3 rings (SSSR count). The van der Waals surface area contributed by atoms with Crippen molar-refractivity contribution in [2.24, 2.45) is 0 Å². The molecular formula is C20H22O. The molecule has 0 radical (unpaired) electrons. The smallest absolute Gasteiger partial charge is 0.167 e. The fourth-order valence-electron chi connectivity index (χ4n) is 3.63. The van der Waals surface area contributed by atoms with E-state index in [0.29, 0.717) is 6.42 Å². The van der Waals surface area contributed by atoms with E-state index in [-0.39, 0.29) is 5.78 Å². The quantitative estimate of drug-likeness (QED) is 0.754. The first-order valence-electron chi connectivity index (χ1n) is 7.76. The summed E-state index contributed by atoms with van der Waals surface area (Å²) in [6.45, 7) is 6.15. The van der Waals surface area contributed by atoms with E-state index >= 15 is 0 Å². The molecule has 2 aromatic rings. The summed E-state index contributed by atoms with van der Waals surface area (Å²) in [5.41, 5.74) is 8.38. The Morgan fingerprint density at radius 1 is 0.952 bits per heavy atom. The van der Waals surface area contributed by atoms with Gasteiger partial charge >= 0.3 is 0 Å². The Bertz CT molecular complexity index is 687. The number of benzene rings is 2. The molecule has 21 heavy (non-hydrogen) atoms.